The van der Waals surface area contributed by atoms with Gasteiger partial charge in [-0.1, -0.05) is 36.4 Å². The third kappa shape index (κ3) is 5.58. The minimum atomic E-state index is -0.226. The molecule has 1 aliphatic carbocycles. The summed E-state index contributed by atoms with van der Waals surface area (Å²) in [6.45, 7) is 0. The van der Waals surface area contributed by atoms with Crippen molar-refractivity contribution in [1.82, 2.24) is 14.5 Å². The van der Waals surface area contributed by atoms with Gasteiger partial charge in [0.05, 0.1) is 21.4 Å². The Kier molecular flexibility index (Phi) is 6.84. The maximum atomic E-state index is 13.4. The number of amides is 1. The van der Waals surface area contributed by atoms with E-state index < -0.39 is 0 Å². The third-order valence-electron chi connectivity index (χ3n) is 6.91. The molecular formula is C31H28N4O2S. The van der Waals surface area contributed by atoms with Crippen LogP contribution in [0.25, 0.3) is 27.0 Å². The minimum absolute atomic E-state index is 0.226. The number of hydrogen-bond donors (Lipinski definition) is 1. The summed E-state index contributed by atoms with van der Waals surface area (Å²) in [7, 11) is 0. The Balaban J connectivity index is 1.21. The number of anilines is 1. The molecule has 6 nitrogen and oxygen atoms in total. The lowest BCUT2D eigenvalue weighted by atomic mass is 10.0. The van der Waals surface area contributed by atoms with Crippen LogP contribution in [0.3, 0.4) is 0 Å². The second kappa shape index (κ2) is 10.7. The Morgan fingerprint density at radius 2 is 1.82 bits per heavy atom. The lowest BCUT2D eigenvalue weighted by Crippen LogP contribution is -2.15. The first-order chi connectivity index (χ1) is 18.6. The number of benzene rings is 3. The molecule has 190 valence electrons. The minimum Gasteiger partial charge on any atom is -0.300 e. The highest BCUT2D eigenvalue weighted by Crippen LogP contribution is 2.33. The quantitative estimate of drug-likeness (QED) is 0.213. The normalized spacial score (nSPS) is 13.1. The lowest BCUT2D eigenvalue weighted by molar-refractivity contribution is -0.119. The molecule has 0 spiro atoms. The molecule has 38 heavy (non-hydrogen) atoms. The number of aryl methyl sites for hydroxylation is 1. The predicted molar refractivity (Wildman–Crippen MR) is 152 cm³/mol. The van der Waals surface area contributed by atoms with Crippen LogP contribution in [-0.2, 0) is 11.2 Å². The molecule has 0 saturated heterocycles. The van der Waals surface area contributed by atoms with Crippen LogP contribution in [0.5, 0.6) is 0 Å². The van der Waals surface area contributed by atoms with Crippen LogP contribution in [0, 0.1) is 5.92 Å². The van der Waals surface area contributed by atoms with Crippen LogP contribution in [-0.4, -0.2) is 26.2 Å². The number of ketones is 1. The molecule has 0 unspecified atom stereocenters. The number of Topliss-reactive ketones (excluding diaryl/α,β-unsaturated/α-hetero) is 1. The van der Waals surface area contributed by atoms with E-state index in [0.717, 1.165) is 45.6 Å². The van der Waals surface area contributed by atoms with Gasteiger partial charge in [0.15, 0.2) is 0 Å². The first kappa shape index (κ1) is 24.2. The van der Waals surface area contributed by atoms with E-state index in [0.29, 0.717) is 36.1 Å². The number of aromatic nitrogens is 3. The van der Waals surface area contributed by atoms with E-state index in [9.17, 15) is 9.59 Å². The lowest BCUT2D eigenvalue weighted by Gasteiger charge is -2.10. The van der Waals surface area contributed by atoms with Gasteiger partial charge in [-0.25, -0.2) is 9.97 Å². The maximum absolute atomic E-state index is 13.4. The fourth-order valence-electron chi connectivity index (χ4n) is 4.69. The van der Waals surface area contributed by atoms with Crippen LogP contribution in [0.15, 0.2) is 84.5 Å². The number of thiazole rings is 1. The molecule has 6 rings (SSSR count). The summed E-state index contributed by atoms with van der Waals surface area (Å²) in [5.41, 5.74) is 7.08. The van der Waals surface area contributed by atoms with E-state index in [-0.39, 0.29) is 5.91 Å². The van der Waals surface area contributed by atoms with Gasteiger partial charge in [-0.05, 0) is 79.1 Å². The number of carbonyl (C=O) groups is 2. The van der Waals surface area contributed by atoms with Crippen molar-refractivity contribution in [2.75, 3.05) is 5.32 Å². The van der Waals surface area contributed by atoms with Crippen molar-refractivity contribution in [3.63, 3.8) is 0 Å². The van der Waals surface area contributed by atoms with Gasteiger partial charge in [-0.3, -0.25) is 19.5 Å². The highest BCUT2D eigenvalue weighted by Gasteiger charge is 2.24. The topological polar surface area (TPSA) is 76.9 Å². The van der Waals surface area contributed by atoms with Gasteiger partial charge >= 0.3 is 0 Å². The number of fused-ring (bicyclic) bond motifs is 1. The van der Waals surface area contributed by atoms with Crippen LogP contribution in [0.1, 0.15) is 48.2 Å². The van der Waals surface area contributed by atoms with Gasteiger partial charge in [0.25, 0.3) is 5.91 Å². The van der Waals surface area contributed by atoms with E-state index in [2.05, 4.69) is 22.4 Å². The summed E-state index contributed by atoms with van der Waals surface area (Å²) in [5.74, 6) is 1.21. The molecule has 2 heterocycles. The zero-order valence-electron chi connectivity index (χ0n) is 21.0. The fraction of sp³-hybridized carbons (Fsp3) is 0.226. The van der Waals surface area contributed by atoms with Crippen molar-refractivity contribution in [1.29, 1.82) is 0 Å². The SMILES string of the molecule is O=C(CCCc1cn(-c2ccccc2)c(NC(=O)c2cccc(-c3ccc4scnc4c3)c2)n1)CC1CC1. The van der Waals surface area contributed by atoms with Gasteiger partial charge < -0.3 is 0 Å². The third-order valence-corrected chi connectivity index (χ3v) is 7.72. The predicted octanol–water partition coefficient (Wildman–Crippen LogP) is 7.09. The van der Waals surface area contributed by atoms with Gasteiger partial charge in [-0.2, -0.15) is 0 Å². The molecule has 1 saturated carbocycles. The second-order valence-corrected chi connectivity index (χ2v) is 10.8. The fourth-order valence-corrected chi connectivity index (χ4v) is 5.35. The highest BCUT2D eigenvalue weighted by atomic mass is 32.1. The summed E-state index contributed by atoms with van der Waals surface area (Å²) in [6.07, 6.45) is 7.09. The molecule has 1 amide bonds. The van der Waals surface area contributed by atoms with Crippen molar-refractivity contribution >= 4 is 39.2 Å². The van der Waals surface area contributed by atoms with Crippen LogP contribution >= 0.6 is 11.3 Å². The average Bonchev–Trinajstić information content (AvgIpc) is 3.47. The summed E-state index contributed by atoms with van der Waals surface area (Å²) >= 11 is 1.61. The monoisotopic (exact) mass is 520 g/mol. The smallest absolute Gasteiger partial charge is 0.258 e. The summed E-state index contributed by atoms with van der Waals surface area (Å²) in [4.78, 5) is 34.7. The first-order valence-corrected chi connectivity index (χ1v) is 13.9. The molecule has 0 aliphatic heterocycles. The van der Waals surface area contributed by atoms with Crippen molar-refractivity contribution in [2.24, 2.45) is 5.92 Å². The molecule has 5 aromatic rings. The summed E-state index contributed by atoms with van der Waals surface area (Å²) < 4.78 is 3.04. The van der Waals surface area contributed by atoms with Crippen molar-refractivity contribution < 1.29 is 9.59 Å². The number of nitrogens with zero attached hydrogens (tertiary/aromatic N) is 3. The van der Waals surface area contributed by atoms with E-state index in [1.807, 2.05) is 76.9 Å². The molecule has 0 radical (unpaired) electrons. The zero-order valence-corrected chi connectivity index (χ0v) is 21.8. The zero-order chi connectivity index (χ0) is 25.9. The van der Waals surface area contributed by atoms with Crippen LogP contribution in [0.2, 0.25) is 0 Å². The van der Waals surface area contributed by atoms with Gasteiger partial charge in [0.2, 0.25) is 5.95 Å². The largest absolute Gasteiger partial charge is 0.300 e. The Bertz CT molecular complexity index is 1600. The molecular weight excluding hydrogens is 492 g/mol. The number of hydrogen-bond acceptors (Lipinski definition) is 5. The molecule has 0 bridgehead atoms. The average molecular weight is 521 g/mol. The highest BCUT2D eigenvalue weighted by molar-refractivity contribution is 7.16. The Morgan fingerprint density at radius 3 is 2.66 bits per heavy atom. The van der Waals surface area contributed by atoms with E-state index in [4.69, 9.17) is 4.98 Å². The number of para-hydroxylation sites is 1. The number of rotatable bonds is 10. The van der Waals surface area contributed by atoms with E-state index in [1.165, 1.54) is 12.8 Å². The van der Waals surface area contributed by atoms with Gasteiger partial charge in [-0.15, -0.1) is 11.3 Å². The molecule has 2 aromatic heterocycles. The van der Waals surface area contributed by atoms with Crippen molar-refractivity contribution in [3.05, 3.63) is 95.8 Å². The van der Waals surface area contributed by atoms with Crippen LogP contribution in [0.4, 0.5) is 5.95 Å². The Hall–Kier alpha value is -4.10. The van der Waals surface area contributed by atoms with E-state index in [1.54, 1.807) is 11.3 Å². The molecule has 0 atom stereocenters. The maximum Gasteiger partial charge on any atom is 0.258 e. The number of nitrogens with one attached hydrogen (secondary N) is 1. The summed E-state index contributed by atoms with van der Waals surface area (Å²) in [6, 6.07) is 23.6. The van der Waals surface area contributed by atoms with Crippen molar-refractivity contribution in [3.8, 4) is 16.8 Å². The first-order valence-electron chi connectivity index (χ1n) is 13.0. The van der Waals surface area contributed by atoms with Crippen LogP contribution < -0.4 is 5.32 Å². The second-order valence-electron chi connectivity index (χ2n) is 9.87. The van der Waals surface area contributed by atoms with Gasteiger partial charge in [0.1, 0.15) is 5.78 Å². The molecule has 1 aliphatic rings. The molecule has 7 heteroatoms. The number of carbonyl (C=O) groups excluding carboxylic acids is 2. The number of imidazole rings is 1. The van der Waals surface area contributed by atoms with Gasteiger partial charge in [0, 0.05) is 30.3 Å². The summed E-state index contributed by atoms with van der Waals surface area (Å²) in [5, 5.41) is 3.02. The molecule has 1 fully saturated rings. The Morgan fingerprint density at radius 1 is 0.974 bits per heavy atom. The van der Waals surface area contributed by atoms with Crippen molar-refractivity contribution in [2.45, 2.75) is 38.5 Å². The standard InChI is InChI=1S/C31H28N4O2S/c36-27(16-21-12-13-21)11-5-8-25-19-35(26-9-2-1-3-10-26)31(33-25)34-30(37)24-7-4-6-22(17-24)23-14-15-29-28(18-23)32-20-38-29/h1-4,6-7,9-10,14-15,17-21H,5,8,11-13,16H2,(H,33,34,37). The van der Waals surface area contributed by atoms with E-state index >= 15 is 0 Å². The molecule has 3 aromatic carbocycles. The molecule has 1 N–H and O–H groups in total. The Labute approximate surface area is 225 Å².